The zero-order valence-corrected chi connectivity index (χ0v) is 9.54. The third-order valence-corrected chi connectivity index (χ3v) is 2.31. The monoisotopic (exact) mass is 229 g/mol. The smallest absolute Gasteiger partial charge is 0.0948 e. The van der Waals surface area contributed by atoms with Gasteiger partial charge in [0.25, 0.3) is 0 Å². The molecule has 0 aromatic heterocycles. The van der Waals surface area contributed by atoms with Crippen molar-refractivity contribution in [3.8, 4) is 0 Å². The molecule has 0 heterocycles. The van der Waals surface area contributed by atoms with Crippen LogP contribution in [0.1, 0.15) is 11.7 Å². The molecule has 1 rings (SSSR count). The maximum atomic E-state index is 5.79. The topological polar surface area (TPSA) is 44.5 Å². The Morgan fingerprint density at radius 2 is 1.93 bits per heavy atom. The number of benzene rings is 1. The van der Waals surface area contributed by atoms with E-state index in [0.717, 1.165) is 5.56 Å². The summed E-state index contributed by atoms with van der Waals surface area (Å²) in [6, 6.07) is 7.51. The van der Waals surface area contributed by atoms with Gasteiger partial charge in [-0.25, -0.2) is 0 Å². The summed E-state index contributed by atoms with van der Waals surface area (Å²) in [6.07, 6.45) is -0.0857. The van der Waals surface area contributed by atoms with Gasteiger partial charge in [-0.15, -0.1) is 0 Å². The minimum Gasteiger partial charge on any atom is -0.382 e. The molecular formula is C11H16ClNO2. The molecule has 0 spiro atoms. The third-order valence-electron chi connectivity index (χ3n) is 2.06. The summed E-state index contributed by atoms with van der Waals surface area (Å²) in [4.78, 5) is 0. The molecule has 84 valence electrons. The predicted octanol–water partition coefficient (Wildman–Crippen LogP) is 2.00. The first-order valence-electron chi connectivity index (χ1n) is 4.84. The molecule has 15 heavy (non-hydrogen) atoms. The highest BCUT2D eigenvalue weighted by atomic mass is 35.5. The van der Waals surface area contributed by atoms with Crippen LogP contribution in [0.3, 0.4) is 0 Å². The largest absolute Gasteiger partial charge is 0.382 e. The average Bonchev–Trinajstić information content (AvgIpc) is 2.26. The van der Waals surface area contributed by atoms with Gasteiger partial charge in [0.15, 0.2) is 0 Å². The zero-order chi connectivity index (χ0) is 11.1. The quantitative estimate of drug-likeness (QED) is 0.759. The van der Waals surface area contributed by atoms with E-state index in [2.05, 4.69) is 0 Å². The summed E-state index contributed by atoms with van der Waals surface area (Å²) in [5, 5.41) is 0.714. The Labute approximate surface area is 95.1 Å². The van der Waals surface area contributed by atoms with Crippen molar-refractivity contribution in [2.45, 2.75) is 6.10 Å². The van der Waals surface area contributed by atoms with Gasteiger partial charge in [-0.2, -0.15) is 0 Å². The Morgan fingerprint density at radius 3 is 2.47 bits per heavy atom. The lowest BCUT2D eigenvalue weighted by Gasteiger charge is -2.16. The lowest BCUT2D eigenvalue weighted by atomic mass is 10.1. The van der Waals surface area contributed by atoms with Crippen molar-refractivity contribution < 1.29 is 9.47 Å². The van der Waals surface area contributed by atoms with Crippen LogP contribution in [0.25, 0.3) is 0 Å². The van der Waals surface area contributed by atoms with Crippen molar-refractivity contribution in [1.29, 1.82) is 0 Å². The molecule has 0 aliphatic carbocycles. The van der Waals surface area contributed by atoms with E-state index < -0.39 is 0 Å². The van der Waals surface area contributed by atoms with Gasteiger partial charge >= 0.3 is 0 Å². The summed E-state index contributed by atoms with van der Waals surface area (Å²) in [5.41, 5.74) is 6.67. The summed E-state index contributed by atoms with van der Waals surface area (Å²) in [7, 11) is 1.64. The van der Waals surface area contributed by atoms with Gasteiger partial charge in [-0.1, -0.05) is 23.7 Å². The van der Waals surface area contributed by atoms with Crippen molar-refractivity contribution >= 4 is 11.6 Å². The van der Waals surface area contributed by atoms with Gasteiger partial charge < -0.3 is 15.2 Å². The normalized spacial score (nSPS) is 12.7. The Morgan fingerprint density at radius 1 is 1.27 bits per heavy atom. The summed E-state index contributed by atoms with van der Waals surface area (Å²) in [5.74, 6) is 0. The minimum atomic E-state index is -0.0857. The van der Waals surface area contributed by atoms with Crippen LogP contribution in [0, 0.1) is 0 Å². The maximum absolute atomic E-state index is 5.79. The van der Waals surface area contributed by atoms with Crippen molar-refractivity contribution in [1.82, 2.24) is 0 Å². The standard InChI is InChI=1S/C11H16ClNO2/c1-14-6-7-15-11(8-13)9-2-4-10(12)5-3-9/h2-5,11H,6-8,13H2,1H3. The molecule has 1 aromatic rings. The van der Waals surface area contributed by atoms with Crippen LogP contribution >= 0.6 is 11.6 Å². The molecule has 1 atom stereocenters. The highest BCUT2D eigenvalue weighted by molar-refractivity contribution is 6.30. The minimum absolute atomic E-state index is 0.0857. The van der Waals surface area contributed by atoms with E-state index in [-0.39, 0.29) is 6.10 Å². The molecular weight excluding hydrogens is 214 g/mol. The fraction of sp³-hybridized carbons (Fsp3) is 0.455. The highest BCUT2D eigenvalue weighted by Crippen LogP contribution is 2.18. The van der Waals surface area contributed by atoms with Crippen LogP contribution < -0.4 is 5.73 Å². The van der Waals surface area contributed by atoms with Gasteiger partial charge in [-0.05, 0) is 17.7 Å². The van der Waals surface area contributed by atoms with E-state index >= 15 is 0 Å². The van der Waals surface area contributed by atoms with Gasteiger partial charge in [0.1, 0.15) is 0 Å². The molecule has 1 aromatic carbocycles. The van der Waals surface area contributed by atoms with E-state index in [1.165, 1.54) is 0 Å². The van der Waals surface area contributed by atoms with Gasteiger partial charge in [-0.3, -0.25) is 0 Å². The van der Waals surface area contributed by atoms with E-state index in [1.807, 2.05) is 24.3 Å². The fourth-order valence-corrected chi connectivity index (χ4v) is 1.38. The van der Waals surface area contributed by atoms with Crippen LogP contribution in [0.2, 0.25) is 5.02 Å². The second kappa shape index (κ2) is 6.80. The number of rotatable bonds is 6. The third kappa shape index (κ3) is 4.18. The molecule has 0 bridgehead atoms. The van der Waals surface area contributed by atoms with Crippen molar-refractivity contribution in [3.63, 3.8) is 0 Å². The van der Waals surface area contributed by atoms with E-state index in [0.29, 0.717) is 24.8 Å². The number of hydrogen-bond donors (Lipinski definition) is 1. The van der Waals surface area contributed by atoms with Gasteiger partial charge in [0.05, 0.1) is 19.3 Å². The van der Waals surface area contributed by atoms with Gasteiger partial charge in [0.2, 0.25) is 0 Å². The van der Waals surface area contributed by atoms with Crippen molar-refractivity contribution in [3.05, 3.63) is 34.9 Å². The number of ether oxygens (including phenoxy) is 2. The first-order chi connectivity index (χ1) is 7.27. The van der Waals surface area contributed by atoms with Crippen LogP contribution in [-0.2, 0) is 9.47 Å². The molecule has 0 fully saturated rings. The Bertz CT molecular complexity index is 276. The Kier molecular flexibility index (Phi) is 5.65. The first-order valence-corrected chi connectivity index (χ1v) is 5.21. The average molecular weight is 230 g/mol. The summed E-state index contributed by atoms with van der Waals surface area (Å²) >= 11 is 5.79. The molecule has 0 aliphatic heterocycles. The number of methoxy groups -OCH3 is 1. The molecule has 0 saturated carbocycles. The van der Waals surface area contributed by atoms with Crippen LogP contribution in [-0.4, -0.2) is 26.9 Å². The number of hydrogen-bond acceptors (Lipinski definition) is 3. The number of nitrogens with two attached hydrogens (primary N) is 1. The molecule has 0 saturated heterocycles. The molecule has 0 radical (unpaired) electrons. The SMILES string of the molecule is COCCOC(CN)c1ccc(Cl)cc1. The Hall–Kier alpha value is -0.610. The lowest BCUT2D eigenvalue weighted by molar-refractivity contribution is 0.0207. The Balaban J connectivity index is 2.53. The molecule has 0 amide bonds. The molecule has 0 aliphatic rings. The first kappa shape index (κ1) is 12.5. The molecule has 4 heteroatoms. The van der Waals surface area contributed by atoms with Gasteiger partial charge in [0, 0.05) is 18.7 Å². The van der Waals surface area contributed by atoms with E-state index in [4.69, 9.17) is 26.8 Å². The second-order valence-electron chi connectivity index (χ2n) is 3.14. The fourth-order valence-electron chi connectivity index (χ4n) is 1.25. The molecule has 1 unspecified atom stereocenters. The van der Waals surface area contributed by atoms with Crippen LogP contribution in [0.5, 0.6) is 0 Å². The summed E-state index contributed by atoms with van der Waals surface area (Å²) < 4.78 is 10.5. The maximum Gasteiger partial charge on any atom is 0.0948 e. The second-order valence-corrected chi connectivity index (χ2v) is 3.58. The van der Waals surface area contributed by atoms with E-state index in [1.54, 1.807) is 7.11 Å². The summed E-state index contributed by atoms with van der Waals surface area (Å²) in [6.45, 7) is 1.57. The number of halogens is 1. The van der Waals surface area contributed by atoms with Crippen molar-refractivity contribution in [2.24, 2.45) is 5.73 Å². The predicted molar refractivity (Wildman–Crippen MR) is 61.1 cm³/mol. The van der Waals surface area contributed by atoms with Crippen molar-refractivity contribution in [2.75, 3.05) is 26.9 Å². The molecule has 3 nitrogen and oxygen atoms in total. The highest BCUT2D eigenvalue weighted by Gasteiger charge is 2.09. The lowest BCUT2D eigenvalue weighted by Crippen LogP contribution is -2.17. The van der Waals surface area contributed by atoms with E-state index in [9.17, 15) is 0 Å². The van der Waals surface area contributed by atoms with Crippen LogP contribution in [0.4, 0.5) is 0 Å². The molecule has 2 N–H and O–H groups in total. The van der Waals surface area contributed by atoms with Crippen LogP contribution in [0.15, 0.2) is 24.3 Å². The zero-order valence-electron chi connectivity index (χ0n) is 8.78.